The summed E-state index contributed by atoms with van der Waals surface area (Å²) in [6, 6.07) is 4.13. The zero-order valence-corrected chi connectivity index (χ0v) is 12.8. The zero-order valence-electron chi connectivity index (χ0n) is 11.3. The van der Waals surface area contributed by atoms with E-state index in [1.54, 1.807) is 11.3 Å². The van der Waals surface area contributed by atoms with Crippen LogP contribution in [0, 0.1) is 5.92 Å². The molecular weight excluding hydrogens is 280 g/mol. The van der Waals surface area contributed by atoms with Gasteiger partial charge in [-0.2, -0.15) is 0 Å². The van der Waals surface area contributed by atoms with Crippen LogP contribution in [0.5, 0.6) is 0 Å². The first-order valence-electron chi connectivity index (χ1n) is 6.84. The molecular formula is C14H21ClN2OS. The first kappa shape index (κ1) is 14.8. The zero-order chi connectivity index (χ0) is 13.8. The van der Waals surface area contributed by atoms with Crippen molar-refractivity contribution in [3.63, 3.8) is 0 Å². The molecule has 1 fully saturated rings. The van der Waals surface area contributed by atoms with Crippen molar-refractivity contribution in [2.45, 2.75) is 38.6 Å². The van der Waals surface area contributed by atoms with Gasteiger partial charge in [0.1, 0.15) is 0 Å². The van der Waals surface area contributed by atoms with E-state index in [-0.39, 0.29) is 11.9 Å². The van der Waals surface area contributed by atoms with Crippen LogP contribution in [0.2, 0.25) is 4.34 Å². The Hall–Kier alpha value is -0.580. The van der Waals surface area contributed by atoms with E-state index >= 15 is 0 Å². The molecule has 106 valence electrons. The molecule has 3 nitrogen and oxygen atoms in total. The minimum absolute atomic E-state index is 0.241. The lowest BCUT2D eigenvalue weighted by atomic mass is 9.91. The fraction of sp³-hybridized carbons (Fsp3) is 0.643. The third-order valence-electron chi connectivity index (χ3n) is 3.85. The van der Waals surface area contributed by atoms with Crippen molar-refractivity contribution in [3.8, 4) is 0 Å². The lowest BCUT2D eigenvalue weighted by Gasteiger charge is -2.33. The van der Waals surface area contributed by atoms with Gasteiger partial charge in [-0.3, -0.25) is 4.79 Å². The summed E-state index contributed by atoms with van der Waals surface area (Å²) in [5.41, 5.74) is 5.91. The van der Waals surface area contributed by atoms with Gasteiger partial charge < -0.3 is 10.6 Å². The van der Waals surface area contributed by atoms with Crippen molar-refractivity contribution >= 4 is 28.8 Å². The van der Waals surface area contributed by atoms with E-state index in [2.05, 4.69) is 6.92 Å². The van der Waals surface area contributed by atoms with Crippen molar-refractivity contribution in [2.24, 2.45) is 11.7 Å². The molecule has 1 atom stereocenters. The molecule has 0 aliphatic carbocycles. The molecule has 1 amide bonds. The van der Waals surface area contributed by atoms with Gasteiger partial charge in [-0.1, -0.05) is 11.6 Å². The van der Waals surface area contributed by atoms with Crippen molar-refractivity contribution in [1.82, 2.24) is 4.90 Å². The summed E-state index contributed by atoms with van der Waals surface area (Å²) >= 11 is 7.44. The number of rotatable bonds is 4. The predicted molar refractivity (Wildman–Crippen MR) is 80.6 cm³/mol. The normalized spacial score (nSPS) is 18.6. The average Bonchev–Trinajstić information content (AvgIpc) is 2.82. The number of nitrogens with two attached hydrogens (primary N) is 1. The molecule has 2 heterocycles. The molecule has 0 saturated carbocycles. The van der Waals surface area contributed by atoms with Gasteiger partial charge in [0, 0.05) is 30.4 Å². The van der Waals surface area contributed by atoms with Crippen LogP contribution >= 0.6 is 22.9 Å². The van der Waals surface area contributed by atoms with Gasteiger partial charge in [-0.25, -0.2) is 0 Å². The largest absolute Gasteiger partial charge is 0.343 e. The van der Waals surface area contributed by atoms with Gasteiger partial charge in [0.05, 0.1) is 4.34 Å². The SMILES string of the molecule is CC(N)C1CCN(C(=O)CCc2ccc(Cl)s2)CC1. The third-order valence-corrected chi connectivity index (χ3v) is 5.14. The monoisotopic (exact) mass is 300 g/mol. The van der Waals surface area contributed by atoms with Crippen LogP contribution < -0.4 is 5.73 Å². The molecule has 2 N–H and O–H groups in total. The number of nitrogens with zero attached hydrogens (tertiary/aromatic N) is 1. The molecule has 19 heavy (non-hydrogen) atoms. The number of aryl methyl sites for hydroxylation is 1. The van der Waals surface area contributed by atoms with E-state index in [0.717, 1.165) is 36.7 Å². The highest BCUT2D eigenvalue weighted by atomic mass is 35.5. The molecule has 1 unspecified atom stereocenters. The third kappa shape index (κ3) is 4.20. The number of carbonyl (C=O) groups is 1. The van der Waals surface area contributed by atoms with Gasteiger partial charge in [-0.05, 0) is 44.2 Å². The number of amides is 1. The van der Waals surface area contributed by atoms with Gasteiger partial charge >= 0.3 is 0 Å². The van der Waals surface area contributed by atoms with Crippen molar-refractivity contribution < 1.29 is 4.79 Å². The summed E-state index contributed by atoms with van der Waals surface area (Å²) in [6.07, 6.45) is 3.45. The summed E-state index contributed by atoms with van der Waals surface area (Å²) in [6.45, 7) is 3.77. The molecule has 0 spiro atoms. The average molecular weight is 301 g/mol. The van der Waals surface area contributed by atoms with Crippen LogP contribution in [0.15, 0.2) is 12.1 Å². The van der Waals surface area contributed by atoms with Gasteiger partial charge in [0.15, 0.2) is 0 Å². The molecule has 1 aromatic rings. The van der Waals surface area contributed by atoms with Gasteiger partial charge in [0.25, 0.3) is 0 Å². The Morgan fingerprint density at radius 3 is 2.74 bits per heavy atom. The fourth-order valence-corrected chi connectivity index (χ4v) is 3.64. The topological polar surface area (TPSA) is 46.3 Å². The highest BCUT2D eigenvalue weighted by Gasteiger charge is 2.24. The molecule has 1 aliphatic rings. The Bertz CT molecular complexity index is 425. The second-order valence-corrected chi connectivity index (χ2v) is 7.08. The summed E-state index contributed by atoms with van der Waals surface area (Å²) in [4.78, 5) is 15.3. The van der Waals surface area contributed by atoms with Crippen LogP contribution in [0.3, 0.4) is 0 Å². The van der Waals surface area contributed by atoms with Crippen LogP contribution in [0.1, 0.15) is 31.1 Å². The predicted octanol–water partition coefficient (Wildman–Crippen LogP) is 2.92. The van der Waals surface area contributed by atoms with E-state index in [0.29, 0.717) is 12.3 Å². The highest BCUT2D eigenvalue weighted by Crippen LogP contribution is 2.24. The van der Waals surface area contributed by atoms with E-state index in [9.17, 15) is 4.79 Å². The summed E-state index contributed by atoms with van der Waals surface area (Å²) < 4.78 is 0.792. The molecule has 1 aliphatic heterocycles. The first-order chi connectivity index (χ1) is 9.06. The maximum absolute atomic E-state index is 12.1. The Morgan fingerprint density at radius 1 is 1.53 bits per heavy atom. The van der Waals surface area contributed by atoms with Gasteiger partial charge in [0.2, 0.25) is 5.91 Å². The number of likely N-dealkylation sites (tertiary alicyclic amines) is 1. The van der Waals surface area contributed by atoms with Crippen molar-refractivity contribution in [3.05, 3.63) is 21.3 Å². The van der Waals surface area contributed by atoms with Crippen molar-refractivity contribution in [1.29, 1.82) is 0 Å². The minimum atomic E-state index is 0.241. The van der Waals surface area contributed by atoms with Crippen LogP contribution in [0.25, 0.3) is 0 Å². The Balaban J connectivity index is 1.75. The maximum Gasteiger partial charge on any atom is 0.222 e. The molecule has 2 rings (SSSR count). The number of carbonyl (C=O) groups excluding carboxylic acids is 1. The summed E-state index contributed by atoms with van der Waals surface area (Å²) in [5, 5.41) is 0. The maximum atomic E-state index is 12.1. The molecule has 1 saturated heterocycles. The number of hydrogen-bond acceptors (Lipinski definition) is 3. The number of thiophene rings is 1. The standard InChI is InChI=1S/C14H21ClN2OS/c1-10(16)11-6-8-17(9-7-11)14(18)5-3-12-2-4-13(15)19-12/h2,4,10-11H,3,5-9,16H2,1H3. The Kier molecular flexibility index (Phi) is 5.25. The molecule has 0 radical (unpaired) electrons. The molecule has 5 heteroatoms. The van der Waals surface area contributed by atoms with Crippen LogP contribution in [-0.4, -0.2) is 29.9 Å². The second-order valence-electron chi connectivity index (χ2n) is 5.28. The Labute approximate surface area is 123 Å². The minimum Gasteiger partial charge on any atom is -0.343 e. The molecule has 0 aromatic carbocycles. The summed E-state index contributed by atoms with van der Waals surface area (Å²) in [5.74, 6) is 0.827. The van der Waals surface area contributed by atoms with E-state index in [1.165, 1.54) is 4.88 Å². The van der Waals surface area contributed by atoms with E-state index < -0.39 is 0 Å². The van der Waals surface area contributed by atoms with Crippen LogP contribution in [0.4, 0.5) is 0 Å². The first-order valence-corrected chi connectivity index (χ1v) is 8.03. The Morgan fingerprint density at radius 2 is 2.21 bits per heavy atom. The fourth-order valence-electron chi connectivity index (χ4n) is 2.55. The van der Waals surface area contributed by atoms with Crippen molar-refractivity contribution in [2.75, 3.05) is 13.1 Å². The number of halogens is 1. The molecule has 0 bridgehead atoms. The van der Waals surface area contributed by atoms with Crippen LogP contribution in [-0.2, 0) is 11.2 Å². The highest BCUT2D eigenvalue weighted by molar-refractivity contribution is 7.16. The quantitative estimate of drug-likeness (QED) is 0.929. The lowest BCUT2D eigenvalue weighted by molar-refractivity contribution is -0.132. The lowest BCUT2D eigenvalue weighted by Crippen LogP contribution is -2.42. The van der Waals surface area contributed by atoms with E-state index in [1.807, 2.05) is 17.0 Å². The summed E-state index contributed by atoms with van der Waals surface area (Å²) in [7, 11) is 0. The number of piperidine rings is 1. The van der Waals surface area contributed by atoms with Gasteiger partial charge in [-0.15, -0.1) is 11.3 Å². The van der Waals surface area contributed by atoms with E-state index in [4.69, 9.17) is 17.3 Å². The molecule has 1 aromatic heterocycles. The number of hydrogen-bond donors (Lipinski definition) is 1. The second kappa shape index (κ2) is 6.73. The smallest absolute Gasteiger partial charge is 0.222 e.